The minimum atomic E-state index is -1.35. The number of rotatable bonds is 1. The molecule has 0 saturated carbocycles. The zero-order valence-corrected chi connectivity index (χ0v) is 4.51. The van der Waals surface area contributed by atoms with Gasteiger partial charge in [0.25, 0.3) is 0 Å². The van der Waals surface area contributed by atoms with Crippen LogP contribution in [0.3, 0.4) is 0 Å². The van der Waals surface area contributed by atoms with Crippen LogP contribution in [0.1, 0.15) is 0 Å². The number of amides is 1. The van der Waals surface area contributed by atoms with Gasteiger partial charge in [-0.3, -0.25) is 10.1 Å². The Morgan fingerprint density at radius 2 is 2.12 bits per heavy atom. The van der Waals surface area contributed by atoms with E-state index in [0.717, 1.165) is 0 Å². The standard InChI is InChI=1S/C3H2ClNO3/c1-2(4)3(6)5(7)8/h1H2. The molecule has 0 atom stereocenters. The molecule has 0 aliphatic heterocycles. The van der Waals surface area contributed by atoms with Crippen molar-refractivity contribution in [2.75, 3.05) is 0 Å². The first-order valence-electron chi connectivity index (χ1n) is 1.59. The maximum atomic E-state index is 9.91. The van der Waals surface area contributed by atoms with Gasteiger partial charge in [0.1, 0.15) is 4.92 Å². The van der Waals surface area contributed by atoms with E-state index in [-0.39, 0.29) is 0 Å². The Morgan fingerprint density at radius 3 is 2.12 bits per heavy atom. The van der Waals surface area contributed by atoms with E-state index in [1.807, 2.05) is 0 Å². The van der Waals surface area contributed by atoms with E-state index < -0.39 is 15.9 Å². The van der Waals surface area contributed by atoms with Crippen LogP contribution in [0.25, 0.3) is 0 Å². The predicted molar refractivity (Wildman–Crippen MR) is 27.0 cm³/mol. The monoisotopic (exact) mass is 135 g/mol. The molecule has 0 unspecified atom stereocenters. The van der Waals surface area contributed by atoms with Crippen LogP contribution in [0.4, 0.5) is 0 Å². The molecule has 0 aliphatic carbocycles. The highest BCUT2D eigenvalue weighted by Gasteiger charge is 2.16. The van der Waals surface area contributed by atoms with E-state index in [1.54, 1.807) is 0 Å². The Morgan fingerprint density at radius 1 is 1.75 bits per heavy atom. The highest BCUT2D eigenvalue weighted by molar-refractivity contribution is 6.40. The molecule has 0 aromatic carbocycles. The molecule has 0 rings (SSSR count). The van der Waals surface area contributed by atoms with Crippen LogP contribution in [0, 0.1) is 10.1 Å². The Bertz CT molecular complexity index is 137. The van der Waals surface area contributed by atoms with Crippen molar-refractivity contribution < 1.29 is 9.72 Å². The van der Waals surface area contributed by atoms with E-state index in [9.17, 15) is 14.9 Å². The van der Waals surface area contributed by atoms with Gasteiger partial charge in [-0.05, 0) is 0 Å². The molecule has 0 aromatic rings. The third-order valence-corrected chi connectivity index (χ3v) is 0.560. The lowest BCUT2D eigenvalue weighted by molar-refractivity contribution is -0.396. The summed E-state index contributed by atoms with van der Waals surface area (Å²) in [5, 5.41) is 8.88. The topological polar surface area (TPSA) is 60.2 Å². The van der Waals surface area contributed by atoms with Crippen LogP contribution in [0.2, 0.25) is 0 Å². The van der Waals surface area contributed by atoms with Crippen molar-refractivity contribution in [3.8, 4) is 0 Å². The lowest BCUT2D eigenvalue weighted by Gasteiger charge is -1.80. The lowest BCUT2D eigenvalue weighted by Crippen LogP contribution is -2.09. The smallest absolute Gasteiger partial charge is 0.255 e. The fraction of sp³-hybridized carbons (Fsp3) is 0. The van der Waals surface area contributed by atoms with Gasteiger partial charge in [0.15, 0.2) is 5.03 Å². The van der Waals surface area contributed by atoms with Crippen LogP contribution >= 0.6 is 11.6 Å². The second kappa shape index (κ2) is 2.42. The second-order valence-corrected chi connectivity index (χ2v) is 1.42. The molecule has 4 nitrogen and oxygen atoms in total. The first kappa shape index (κ1) is 7.10. The van der Waals surface area contributed by atoms with E-state index in [4.69, 9.17) is 11.6 Å². The summed E-state index contributed by atoms with van der Waals surface area (Å²) < 4.78 is 0. The summed E-state index contributed by atoms with van der Waals surface area (Å²) in [6.07, 6.45) is 0. The van der Waals surface area contributed by atoms with Crippen LogP contribution in [-0.2, 0) is 4.79 Å². The lowest BCUT2D eigenvalue weighted by atomic mass is 10.6. The van der Waals surface area contributed by atoms with Gasteiger partial charge in [0.05, 0.1) is 0 Å². The zero-order valence-electron chi connectivity index (χ0n) is 3.76. The molecule has 8 heavy (non-hydrogen) atoms. The molecule has 0 N–H and O–H groups in total. The summed E-state index contributed by atoms with van der Waals surface area (Å²) in [5.41, 5.74) is 0. The molecule has 5 heteroatoms. The minimum absolute atomic E-state index is 0.574. The summed E-state index contributed by atoms with van der Waals surface area (Å²) in [6.45, 7) is 2.85. The molecule has 0 heterocycles. The quantitative estimate of drug-likeness (QED) is 0.300. The number of nitrogens with zero attached hydrogens (tertiary/aromatic N) is 1. The number of hydrogen-bond acceptors (Lipinski definition) is 3. The third-order valence-electron chi connectivity index (χ3n) is 0.398. The summed E-state index contributed by atoms with van der Waals surface area (Å²) in [5.74, 6) is -1.35. The van der Waals surface area contributed by atoms with Crippen LogP contribution in [-0.4, -0.2) is 10.8 Å². The molecule has 0 bridgehead atoms. The number of carbonyl (C=O) groups is 1. The fourth-order valence-corrected chi connectivity index (χ4v) is 0.168. The molecule has 44 valence electrons. The Kier molecular flexibility index (Phi) is 2.15. The van der Waals surface area contributed by atoms with Crippen molar-refractivity contribution in [3.05, 3.63) is 21.7 Å². The number of carbonyl (C=O) groups excluding carboxylic acids is 1. The molecular formula is C3H2ClNO3. The van der Waals surface area contributed by atoms with E-state index in [1.165, 1.54) is 0 Å². The van der Waals surface area contributed by atoms with Gasteiger partial charge >= 0.3 is 5.91 Å². The number of halogens is 1. The molecular weight excluding hydrogens is 133 g/mol. The Balaban J connectivity index is 4.05. The maximum absolute atomic E-state index is 9.91. The fourth-order valence-electron chi connectivity index (χ4n) is 0.0991. The van der Waals surface area contributed by atoms with Crippen LogP contribution < -0.4 is 0 Å². The predicted octanol–water partition coefficient (Wildman–Crippen LogP) is 0.542. The van der Waals surface area contributed by atoms with Crippen molar-refractivity contribution in [1.29, 1.82) is 0 Å². The molecule has 0 radical (unpaired) electrons. The molecule has 0 spiro atoms. The SMILES string of the molecule is C=C(Cl)C(=O)[N+](=O)[O-]. The van der Waals surface area contributed by atoms with Crippen LogP contribution in [0.15, 0.2) is 11.6 Å². The molecule has 0 saturated heterocycles. The van der Waals surface area contributed by atoms with E-state index >= 15 is 0 Å². The average Bonchev–Trinajstić information content (AvgIpc) is 1.64. The summed E-state index contributed by atoms with van der Waals surface area (Å²) >= 11 is 4.84. The summed E-state index contributed by atoms with van der Waals surface area (Å²) in [6, 6.07) is 0. The first-order chi connectivity index (χ1) is 3.55. The van der Waals surface area contributed by atoms with Crippen molar-refractivity contribution >= 4 is 17.5 Å². The molecule has 0 aromatic heterocycles. The summed E-state index contributed by atoms with van der Waals surface area (Å²) in [7, 11) is 0. The Labute approximate surface area is 49.9 Å². The highest BCUT2D eigenvalue weighted by Crippen LogP contribution is 1.96. The number of nitro groups is 1. The first-order valence-corrected chi connectivity index (χ1v) is 1.96. The second-order valence-electron chi connectivity index (χ2n) is 0.967. The average molecular weight is 136 g/mol. The normalized spacial score (nSPS) is 8.12. The van der Waals surface area contributed by atoms with E-state index in [2.05, 4.69) is 6.58 Å². The van der Waals surface area contributed by atoms with Crippen molar-refractivity contribution in [1.82, 2.24) is 0 Å². The minimum Gasteiger partial charge on any atom is -0.255 e. The molecule has 1 amide bonds. The van der Waals surface area contributed by atoms with Crippen LogP contribution in [0.5, 0.6) is 0 Å². The van der Waals surface area contributed by atoms with Gasteiger partial charge in [-0.25, -0.2) is 4.79 Å². The molecule has 0 fully saturated rings. The molecule has 0 aliphatic rings. The van der Waals surface area contributed by atoms with Gasteiger partial charge in [0, 0.05) is 0 Å². The Hall–Kier alpha value is -0.900. The summed E-state index contributed by atoms with van der Waals surface area (Å²) in [4.78, 5) is 18.2. The van der Waals surface area contributed by atoms with Crippen molar-refractivity contribution in [2.45, 2.75) is 0 Å². The van der Waals surface area contributed by atoms with Gasteiger partial charge in [-0.15, -0.1) is 0 Å². The third kappa shape index (κ3) is 1.70. The zero-order chi connectivity index (χ0) is 6.73. The van der Waals surface area contributed by atoms with E-state index in [0.29, 0.717) is 0 Å². The van der Waals surface area contributed by atoms with Gasteiger partial charge < -0.3 is 0 Å². The van der Waals surface area contributed by atoms with Gasteiger partial charge in [0.2, 0.25) is 0 Å². The van der Waals surface area contributed by atoms with Gasteiger partial charge in [-0.1, -0.05) is 18.2 Å². The number of hydrogen-bond donors (Lipinski definition) is 0. The van der Waals surface area contributed by atoms with Crippen molar-refractivity contribution in [3.63, 3.8) is 0 Å². The van der Waals surface area contributed by atoms with Crippen molar-refractivity contribution in [2.24, 2.45) is 0 Å². The van der Waals surface area contributed by atoms with Gasteiger partial charge in [-0.2, -0.15) is 0 Å². The maximum Gasteiger partial charge on any atom is 0.487 e. The largest absolute Gasteiger partial charge is 0.487 e. The highest BCUT2D eigenvalue weighted by atomic mass is 35.5.